The van der Waals surface area contributed by atoms with E-state index >= 15 is 0 Å². The molecule has 1 aromatic carbocycles. The summed E-state index contributed by atoms with van der Waals surface area (Å²) < 4.78 is 30.9. The van der Waals surface area contributed by atoms with Crippen LogP contribution in [0.2, 0.25) is 5.02 Å². The number of ether oxygens (including phenoxy) is 1. The maximum atomic E-state index is 11.4. The summed E-state index contributed by atoms with van der Waals surface area (Å²) in [6.07, 6.45) is 2.13. The van der Waals surface area contributed by atoms with Crippen molar-refractivity contribution >= 4 is 22.9 Å². The highest BCUT2D eigenvalue weighted by Gasteiger charge is 2.28. The molecule has 10 heteroatoms. The van der Waals surface area contributed by atoms with Gasteiger partial charge < -0.3 is 9.29 Å². The number of hydrogen-bond acceptors (Lipinski definition) is 5. The number of aromatic nitrogens is 3. The second-order valence-corrected chi connectivity index (χ2v) is 6.77. The molecule has 130 valence electrons. The Labute approximate surface area is 145 Å². The molecular formula is C14H16ClN4O4S-. The van der Waals surface area contributed by atoms with Gasteiger partial charge in [-0.25, -0.2) is 14.6 Å². The standard InChI is InChI=1S/C14H17ClN4O4S/c1-19-13(17-18-14(19)20)7-23-12-4-9(6-16-24(21)22)11(15)5-10(12)8-2-3-8/h4-5,8,16H,2-3,6-7H2,1H3,(H,18,20)(H,21,22)/p-1. The summed E-state index contributed by atoms with van der Waals surface area (Å²) in [5, 5.41) is 6.75. The minimum atomic E-state index is -2.37. The van der Waals surface area contributed by atoms with Gasteiger partial charge in [-0.05, 0) is 42.0 Å². The summed E-state index contributed by atoms with van der Waals surface area (Å²) in [7, 11) is 1.60. The Kier molecular flexibility index (Phi) is 5.04. The lowest BCUT2D eigenvalue weighted by Crippen LogP contribution is -2.17. The second-order valence-electron chi connectivity index (χ2n) is 5.60. The SMILES string of the molecule is Cn1c(COc2cc(CNS(=O)[O-])c(Cl)cc2C2CC2)n[nH]c1=O. The third-order valence-electron chi connectivity index (χ3n) is 3.91. The smallest absolute Gasteiger partial charge is 0.343 e. The highest BCUT2D eigenvalue weighted by atomic mass is 35.5. The third-order valence-corrected chi connectivity index (χ3v) is 4.64. The summed E-state index contributed by atoms with van der Waals surface area (Å²) in [4.78, 5) is 11.4. The van der Waals surface area contributed by atoms with E-state index in [9.17, 15) is 13.6 Å². The lowest BCUT2D eigenvalue weighted by molar-refractivity contribution is 0.287. The maximum absolute atomic E-state index is 11.4. The van der Waals surface area contributed by atoms with Crippen molar-refractivity contribution in [3.63, 3.8) is 0 Å². The van der Waals surface area contributed by atoms with Gasteiger partial charge in [0.2, 0.25) is 0 Å². The summed E-state index contributed by atoms with van der Waals surface area (Å²) in [5.74, 6) is 1.50. The van der Waals surface area contributed by atoms with Crippen molar-refractivity contribution in [1.82, 2.24) is 19.5 Å². The van der Waals surface area contributed by atoms with Crippen LogP contribution in [0.25, 0.3) is 0 Å². The molecule has 1 saturated carbocycles. The van der Waals surface area contributed by atoms with Crippen molar-refractivity contribution in [3.05, 3.63) is 44.6 Å². The van der Waals surface area contributed by atoms with Crippen LogP contribution in [-0.2, 0) is 31.5 Å². The predicted molar refractivity (Wildman–Crippen MR) is 87.3 cm³/mol. The fourth-order valence-corrected chi connectivity index (χ4v) is 2.88. The molecule has 2 aromatic rings. The number of rotatable bonds is 7. The van der Waals surface area contributed by atoms with Gasteiger partial charge in [0, 0.05) is 29.9 Å². The van der Waals surface area contributed by atoms with E-state index in [0.29, 0.717) is 28.1 Å². The van der Waals surface area contributed by atoms with Crippen LogP contribution < -0.4 is 15.1 Å². The van der Waals surface area contributed by atoms with E-state index in [2.05, 4.69) is 14.9 Å². The first-order valence-electron chi connectivity index (χ1n) is 7.34. The van der Waals surface area contributed by atoms with Crippen LogP contribution in [0.3, 0.4) is 0 Å². The molecule has 1 unspecified atom stereocenters. The molecule has 8 nitrogen and oxygen atoms in total. The summed E-state index contributed by atoms with van der Waals surface area (Å²) in [6.45, 7) is 0.202. The van der Waals surface area contributed by atoms with Crippen molar-refractivity contribution in [2.75, 3.05) is 0 Å². The number of hydrogen-bond donors (Lipinski definition) is 2. The Morgan fingerprint density at radius 3 is 2.88 bits per heavy atom. The van der Waals surface area contributed by atoms with Crippen LogP contribution in [0.15, 0.2) is 16.9 Å². The summed E-state index contributed by atoms with van der Waals surface area (Å²) in [5.41, 5.74) is 1.30. The molecule has 1 aromatic heterocycles. The quantitative estimate of drug-likeness (QED) is 0.708. The zero-order valence-electron chi connectivity index (χ0n) is 12.9. The average molecular weight is 372 g/mol. The molecule has 0 spiro atoms. The third kappa shape index (κ3) is 3.86. The predicted octanol–water partition coefficient (Wildman–Crippen LogP) is 1.10. The molecule has 1 aliphatic rings. The molecule has 0 radical (unpaired) electrons. The Hall–Kier alpha value is -1.68. The summed E-state index contributed by atoms with van der Waals surface area (Å²) >= 11 is 3.87. The molecule has 0 aliphatic heterocycles. The molecule has 24 heavy (non-hydrogen) atoms. The number of benzene rings is 1. The average Bonchev–Trinajstić information content (AvgIpc) is 3.33. The van der Waals surface area contributed by atoms with E-state index in [1.807, 2.05) is 6.07 Å². The summed E-state index contributed by atoms with van der Waals surface area (Å²) in [6, 6.07) is 3.56. The van der Waals surface area contributed by atoms with Crippen LogP contribution in [0.4, 0.5) is 0 Å². The Morgan fingerprint density at radius 1 is 1.54 bits per heavy atom. The normalized spacial score (nSPS) is 15.5. The number of nitrogens with one attached hydrogen (secondary N) is 2. The molecule has 1 atom stereocenters. The lowest BCUT2D eigenvalue weighted by Gasteiger charge is -2.15. The minimum absolute atomic E-state index is 0.0805. The lowest BCUT2D eigenvalue weighted by atomic mass is 10.1. The zero-order chi connectivity index (χ0) is 17.3. The number of H-pyrrole nitrogens is 1. The number of aromatic amines is 1. The van der Waals surface area contributed by atoms with Gasteiger partial charge in [0.15, 0.2) is 5.82 Å². The molecule has 0 saturated heterocycles. The Morgan fingerprint density at radius 2 is 2.29 bits per heavy atom. The molecule has 2 N–H and O–H groups in total. The van der Waals surface area contributed by atoms with Crippen LogP contribution in [0, 0.1) is 0 Å². The molecule has 0 bridgehead atoms. The first-order valence-corrected chi connectivity index (χ1v) is 8.79. The van der Waals surface area contributed by atoms with E-state index in [1.165, 1.54) is 4.57 Å². The Bertz CT molecular complexity index is 831. The van der Waals surface area contributed by atoms with Crippen molar-refractivity contribution in [1.29, 1.82) is 0 Å². The van der Waals surface area contributed by atoms with Gasteiger partial charge in [-0.15, -0.1) is 0 Å². The number of halogens is 1. The molecule has 1 heterocycles. The van der Waals surface area contributed by atoms with Gasteiger partial charge in [0.05, 0.1) is 0 Å². The van der Waals surface area contributed by atoms with E-state index in [4.69, 9.17) is 16.3 Å². The highest BCUT2D eigenvalue weighted by Crippen LogP contribution is 2.46. The van der Waals surface area contributed by atoms with Gasteiger partial charge in [-0.3, -0.25) is 8.78 Å². The van der Waals surface area contributed by atoms with Crippen LogP contribution >= 0.6 is 11.6 Å². The topological polar surface area (TPSA) is 112 Å². The van der Waals surface area contributed by atoms with Gasteiger partial charge in [0.25, 0.3) is 0 Å². The highest BCUT2D eigenvalue weighted by molar-refractivity contribution is 7.77. The fraction of sp³-hybridized carbons (Fsp3) is 0.429. The largest absolute Gasteiger partial charge is 0.760 e. The van der Waals surface area contributed by atoms with Gasteiger partial charge in [0.1, 0.15) is 12.4 Å². The molecule has 0 amide bonds. The van der Waals surface area contributed by atoms with Crippen molar-refractivity contribution in [2.24, 2.45) is 7.05 Å². The van der Waals surface area contributed by atoms with E-state index in [1.54, 1.807) is 13.1 Å². The second kappa shape index (κ2) is 7.06. The van der Waals surface area contributed by atoms with Crippen LogP contribution in [0.1, 0.15) is 35.7 Å². The van der Waals surface area contributed by atoms with Gasteiger partial charge >= 0.3 is 5.69 Å². The van der Waals surface area contributed by atoms with E-state index in [0.717, 1.165) is 18.4 Å². The fourth-order valence-electron chi connectivity index (χ4n) is 2.37. The Balaban J connectivity index is 1.83. The van der Waals surface area contributed by atoms with Crippen LogP contribution in [-0.4, -0.2) is 23.5 Å². The minimum Gasteiger partial charge on any atom is -0.760 e. The first kappa shape index (κ1) is 17.2. The van der Waals surface area contributed by atoms with Crippen LogP contribution in [0.5, 0.6) is 5.75 Å². The molecular weight excluding hydrogens is 356 g/mol. The molecule has 3 rings (SSSR count). The van der Waals surface area contributed by atoms with Crippen molar-refractivity contribution in [2.45, 2.75) is 31.9 Å². The zero-order valence-corrected chi connectivity index (χ0v) is 14.4. The monoisotopic (exact) mass is 371 g/mol. The van der Waals surface area contributed by atoms with Gasteiger partial charge in [-0.1, -0.05) is 11.6 Å². The number of nitrogens with zero attached hydrogens (tertiary/aromatic N) is 2. The molecule has 1 fully saturated rings. The van der Waals surface area contributed by atoms with E-state index in [-0.39, 0.29) is 18.8 Å². The maximum Gasteiger partial charge on any atom is 0.343 e. The van der Waals surface area contributed by atoms with Crippen molar-refractivity contribution < 1.29 is 13.5 Å². The van der Waals surface area contributed by atoms with Crippen molar-refractivity contribution in [3.8, 4) is 5.75 Å². The van der Waals surface area contributed by atoms with E-state index < -0.39 is 11.3 Å². The first-order chi connectivity index (χ1) is 11.5. The molecule has 1 aliphatic carbocycles. The van der Waals surface area contributed by atoms with Gasteiger partial charge in [-0.2, -0.15) is 5.10 Å².